The average molecular weight is 208 g/mol. The van der Waals surface area contributed by atoms with E-state index in [1.54, 1.807) is 0 Å². The van der Waals surface area contributed by atoms with Crippen molar-refractivity contribution in [2.45, 2.75) is 44.6 Å². The molecule has 0 radical (unpaired) electrons. The fourth-order valence-electron chi connectivity index (χ4n) is 4.63. The van der Waals surface area contributed by atoms with E-state index in [-0.39, 0.29) is 5.60 Å². The molecule has 0 aliphatic heterocycles. The highest BCUT2D eigenvalue weighted by molar-refractivity contribution is 5.16. The molecule has 4 aliphatic carbocycles. The van der Waals surface area contributed by atoms with Crippen LogP contribution in [0.4, 0.5) is 0 Å². The fraction of sp³-hybridized carbons (Fsp3) is 0.846. The van der Waals surface area contributed by atoms with Gasteiger partial charge in [0, 0.05) is 0 Å². The third-order valence-corrected chi connectivity index (χ3v) is 5.00. The zero-order chi connectivity index (χ0) is 10.5. The highest BCUT2D eigenvalue weighted by Gasteiger charge is 2.57. The molecule has 0 aromatic heterocycles. The lowest BCUT2D eigenvalue weighted by atomic mass is 9.50. The highest BCUT2D eigenvalue weighted by Crippen LogP contribution is 2.59. The molecule has 0 amide bonds. The molecule has 4 rings (SSSR count). The van der Waals surface area contributed by atoms with Crippen LogP contribution in [0.3, 0.4) is 0 Å². The lowest BCUT2D eigenvalue weighted by Gasteiger charge is -2.58. The number of allylic oxidation sites excluding steroid dienone is 1. The molecular formula is C13H20O2. The maximum absolute atomic E-state index is 9.33. The van der Waals surface area contributed by atoms with Crippen LogP contribution in [-0.2, 0) is 4.89 Å². The molecule has 4 aliphatic rings. The molecule has 0 saturated heterocycles. The molecule has 0 aromatic rings. The van der Waals surface area contributed by atoms with Gasteiger partial charge in [0.15, 0.2) is 0 Å². The first-order valence-electron chi connectivity index (χ1n) is 6.25. The quantitative estimate of drug-likeness (QED) is 0.429. The Hall–Kier alpha value is -0.340. The molecule has 84 valence electrons. The molecule has 15 heavy (non-hydrogen) atoms. The largest absolute Gasteiger partial charge is 0.251 e. The van der Waals surface area contributed by atoms with Crippen molar-refractivity contribution in [2.75, 3.05) is 0 Å². The Morgan fingerprint density at radius 3 is 2.00 bits per heavy atom. The molecule has 2 heteroatoms. The van der Waals surface area contributed by atoms with Gasteiger partial charge in [-0.05, 0) is 62.7 Å². The van der Waals surface area contributed by atoms with Crippen LogP contribution in [0.1, 0.15) is 39.0 Å². The Labute approximate surface area is 91.2 Å². The Kier molecular flexibility index (Phi) is 2.18. The summed E-state index contributed by atoms with van der Waals surface area (Å²) in [6, 6.07) is 0. The summed E-state index contributed by atoms with van der Waals surface area (Å²) in [4.78, 5) is 4.97. The van der Waals surface area contributed by atoms with Crippen molar-refractivity contribution in [3.8, 4) is 0 Å². The van der Waals surface area contributed by atoms with Crippen molar-refractivity contribution in [2.24, 2.45) is 23.7 Å². The molecule has 0 heterocycles. The van der Waals surface area contributed by atoms with Gasteiger partial charge in [-0.2, -0.15) is 0 Å². The summed E-state index contributed by atoms with van der Waals surface area (Å²) in [6.07, 6.45) is 10.6. The normalized spacial score (nSPS) is 52.9. The zero-order valence-electron chi connectivity index (χ0n) is 9.36. The van der Waals surface area contributed by atoms with Crippen molar-refractivity contribution in [1.82, 2.24) is 0 Å². The fourth-order valence-corrected chi connectivity index (χ4v) is 4.63. The van der Waals surface area contributed by atoms with Crippen LogP contribution < -0.4 is 0 Å². The van der Waals surface area contributed by atoms with Gasteiger partial charge in [0.25, 0.3) is 0 Å². The minimum atomic E-state index is -0.331. The first-order valence-corrected chi connectivity index (χ1v) is 6.25. The number of rotatable bonds is 2. The third kappa shape index (κ3) is 1.24. The van der Waals surface area contributed by atoms with E-state index in [2.05, 4.69) is 6.08 Å². The molecule has 2 nitrogen and oxygen atoms in total. The van der Waals surface area contributed by atoms with Crippen LogP contribution in [0, 0.1) is 23.7 Å². The topological polar surface area (TPSA) is 29.5 Å². The first-order chi connectivity index (χ1) is 7.28. The van der Waals surface area contributed by atoms with Crippen molar-refractivity contribution < 1.29 is 10.1 Å². The molecule has 0 spiro atoms. The Balaban J connectivity index is 1.96. The molecule has 0 aromatic carbocycles. The second-order valence-electron chi connectivity index (χ2n) is 5.75. The smallest absolute Gasteiger partial charge is 0.127 e. The Bertz CT molecular complexity index is 254. The van der Waals surface area contributed by atoms with Gasteiger partial charge in [0.05, 0.1) is 0 Å². The van der Waals surface area contributed by atoms with Crippen molar-refractivity contribution in [3.05, 3.63) is 12.2 Å². The van der Waals surface area contributed by atoms with Crippen molar-refractivity contribution >= 4 is 0 Å². The van der Waals surface area contributed by atoms with E-state index >= 15 is 0 Å². The Morgan fingerprint density at radius 1 is 1.07 bits per heavy atom. The zero-order valence-corrected chi connectivity index (χ0v) is 9.36. The minimum Gasteiger partial charge on any atom is -0.251 e. The predicted molar refractivity (Wildman–Crippen MR) is 58.3 cm³/mol. The minimum absolute atomic E-state index is 0.331. The van der Waals surface area contributed by atoms with Crippen LogP contribution in [0.15, 0.2) is 12.2 Å². The highest BCUT2D eigenvalue weighted by atomic mass is 17.1. The Morgan fingerprint density at radius 2 is 1.60 bits per heavy atom. The lowest BCUT2D eigenvalue weighted by Crippen LogP contribution is -2.57. The third-order valence-electron chi connectivity index (χ3n) is 5.00. The summed E-state index contributed by atoms with van der Waals surface area (Å²) < 4.78 is 0. The second kappa shape index (κ2) is 3.33. The van der Waals surface area contributed by atoms with Gasteiger partial charge in [-0.15, -0.1) is 0 Å². The van der Waals surface area contributed by atoms with E-state index in [0.29, 0.717) is 11.8 Å². The second-order valence-corrected chi connectivity index (χ2v) is 5.75. The van der Waals surface area contributed by atoms with Gasteiger partial charge in [0.2, 0.25) is 0 Å². The van der Waals surface area contributed by atoms with Gasteiger partial charge < -0.3 is 0 Å². The summed E-state index contributed by atoms with van der Waals surface area (Å²) >= 11 is 0. The summed E-state index contributed by atoms with van der Waals surface area (Å²) in [7, 11) is 0. The molecule has 0 unspecified atom stereocenters. The SMILES string of the molecule is C/C=C/C1(OO)C2CC3CC(C2)CC1C3. The molecule has 1 N–H and O–H groups in total. The summed E-state index contributed by atoms with van der Waals surface area (Å²) in [5.41, 5.74) is -0.331. The molecule has 4 bridgehead atoms. The average Bonchev–Trinajstić information content (AvgIpc) is 2.23. The van der Waals surface area contributed by atoms with Crippen LogP contribution in [0.5, 0.6) is 0 Å². The van der Waals surface area contributed by atoms with Crippen LogP contribution in [-0.4, -0.2) is 10.9 Å². The number of hydrogen-bond donors (Lipinski definition) is 1. The van der Waals surface area contributed by atoms with E-state index in [9.17, 15) is 5.26 Å². The first kappa shape index (κ1) is 9.86. The summed E-state index contributed by atoms with van der Waals surface area (Å²) in [6.45, 7) is 2.02. The van der Waals surface area contributed by atoms with Gasteiger partial charge in [-0.25, -0.2) is 4.89 Å². The van der Waals surface area contributed by atoms with E-state index in [4.69, 9.17) is 4.89 Å². The predicted octanol–water partition coefficient (Wildman–Crippen LogP) is 3.25. The van der Waals surface area contributed by atoms with E-state index < -0.39 is 0 Å². The van der Waals surface area contributed by atoms with E-state index in [1.807, 2.05) is 13.0 Å². The summed E-state index contributed by atoms with van der Waals surface area (Å²) in [5.74, 6) is 2.96. The van der Waals surface area contributed by atoms with Gasteiger partial charge in [0.1, 0.15) is 5.60 Å². The van der Waals surface area contributed by atoms with Gasteiger partial charge in [-0.1, -0.05) is 12.2 Å². The molecule has 0 atom stereocenters. The van der Waals surface area contributed by atoms with Crippen LogP contribution >= 0.6 is 0 Å². The molecule has 4 saturated carbocycles. The van der Waals surface area contributed by atoms with Gasteiger partial charge in [-0.3, -0.25) is 5.26 Å². The summed E-state index contributed by atoms with van der Waals surface area (Å²) in [5, 5.41) is 9.33. The van der Waals surface area contributed by atoms with Crippen molar-refractivity contribution in [1.29, 1.82) is 0 Å². The maximum atomic E-state index is 9.33. The van der Waals surface area contributed by atoms with E-state index in [0.717, 1.165) is 11.8 Å². The van der Waals surface area contributed by atoms with Crippen LogP contribution in [0.25, 0.3) is 0 Å². The van der Waals surface area contributed by atoms with Crippen LogP contribution in [0.2, 0.25) is 0 Å². The van der Waals surface area contributed by atoms with Crippen molar-refractivity contribution in [3.63, 3.8) is 0 Å². The maximum Gasteiger partial charge on any atom is 0.127 e. The monoisotopic (exact) mass is 208 g/mol. The van der Waals surface area contributed by atoms with E-state index in [1.165, 1.54) is 32.1 Å². The standard InChI is InChI=1S/C13H20O2/c1-2-3-13(15-14)11-5-9-4-10(7-11)8-12(13)6-9/h2-3,9-12,14H,4-8H2,1H3/b3-2+. The number of hydrogen-bond acceptors (Lipinski definition) is 2. The van der Waals surface area contributed by atoms with Gasteiger partial charge >= 0.3 is 0 Å². The lowest BCUT2D eigenvalue weighted by molar-refractivity contribution is -0.358. The molecular weight excluding hydrogens is 188 g/mol. The molecule has 4 fully saturated rings.